The molecule has 2 heterocycles. The van der Waals surface area contributed by atoms with Crippen molar-refractivity contribution in [2.45, 2.75) is 42.8 Å². The number of aromatic nitrogens is 2. The molecule has 0 aliphatic carbocycles. The van der Waals surface area contributed by atoms with Gasteiger partial charge in [-0.25, -0.2) is 4.79 Å². The van der Waals surface area contributed by atoms with Crippen LogP contribution < -0.4 is 11.4 Å². The largest absolute Gasteiger partial charge is 0.394 e. The van der Waals surface area contributed by atoms with Crippen LogP contribution in [0.2, 0.25) is 0 Å². The maximum atomic E-state index is 12.1. The van der Waals surface area contributed by atoms with Crippen molar-refractivity contribution in [1.82, 2.24) is 9.55 Å². The smallest absolute Gasteiger partial charge is 0.351 e. The maximum absolute atomic E-state index is 12.1. The standard InChI is InChI=1S/C14H23N3O6S2/c15-13-7(5-25-6-10(21)9(20)4-24)2-17(14(22)16-13)12-1-8(19)11(3-18)23-12/h2,8-12,18-21,24H,1,3-6H2,(H2,15,16,22)/t8-,9?,10?,11+,12+/m0/s1. The molecule has 0 amide bonds. The number of thiol groups is 1. The van der Waals surface area contributed by atoms with Crippen molar-refractivity contribution in [2.24, 2.45) is 0 Å². The molecule has 0 spiro atoms. The molecule has 6 N–H and O–H groups in total. The molecule has 1 fully saturated rings. The Balaban J connectivity index is 2.06. The van der Waals surface area contributed by atoms with Crippen molar-refractivity contribution in [3.8, 4) is 0 Å². The predicted octanol–water partition coefficient (Wildman–Crippen LogP) is -1.65. The Labute approximate surface area is 154 Å². The molecular formula is C14H23N3O6S2. The van der Waals surface area contributed by atoms with E-state index in [1.807, 2.05) is 0 Å². The van der Waals surface area contributed by atoms with E-state index in [0.29, 0.717) is 11.3 Å². The lowest BCUT2D eigenvalue weighted by molar-refractivity contribution is -0.0459. The Kier molecular flexibility index (Phi) is 7.55. The Bertz CT molecular complexity index is 631. The summed E-state index contributed by atoms with van der Waals surface area (Å²) in [5.41, 5.74) is 5.75. The first-order chi connectivity index (χ1) is 11.9. The molecule has 0 aromatic carbocycles. The van der Waals surface area contributed by atoms with Gasteiger partial charge >= 0.3 is 5.69 Å². The summed E-state index contributed by atoms with van der Waals surface area (Å²) in [4.78, 5) is 15.8. The third-order valence-corrected chi connectivity index (χ3v) is 5.40. The minimum absolute atomic E-state index is 0.0789. The highest BCUT2D eigenvalue weighted by Crippen LogP contribution is 2.28. The molecule has 0 saturated carbocycles. The number of anilines is 1. The SMILES string of the molecule is Nc1nc(=O)n([C@H]2C[C@H](O)[C@@H](CO)O2)cc1CSCC(O)C(O)CS. The second-order valence-electron chi connectivity index (χ2n) is 5.79. The molecular weight excluding hydrogens is 370 g/mol. The van der Waals surface area contributed by atoms with Crippen molar-refractivity contribution in [3.63, 3.8) is 0 Å². The second kappa shape index (κ2) is 9.21. The van der Waals surface area contributed by atoms with Gasteiger partial charge in [-0.15, -0.1) is 0 Å². The highest BCUT2D eigenvalue weighted by molar-refractivity contribution is 7.98. The molecule has 9 nitrogen and oxygen atoms in total. The van der Waals surface area contributed by atoms with Gasteiger partial charge in [-0.2, -0.15) is 29.4 Å². The van der Waals surface area contributed by atoms with Gasteiger partial charge in [-0.1, -0.05) is 0 Å². The maximum Gasteiger partial charge on any atom is 0.351 e. The number of nitrogens with two attached hydrogens (primary N) is 1. The zero-order chi connectivity index (χ0) is 18.6. The minimum Gasteiger partial charge on any atom is -0.394 e. The molecule has 2 unspecified atom stereocenters. The van der Waals surface area contributed by atoms with E-state index in [-0.39, 0.29) is 30.4 Å². The van der Waals surface area contributed by atoms with Crippen LogP contribution in [0.15, 0.2) is 11.0 Å². The zero-order valence-electron chi connectivity index (χ0n) is 13.4. The fourth-order valence-corrected chi connectivity index (χ4v) is 3.68. The first-order valence-electron chi connectivity index (χ1n) is 7.74. The van der Waals surface area contributed by atoms with Crippen LogP contribution >= 0.6 is 24.4 Å². The average molecular weight is 393 g/mol. The summed E-state index contributed by atoms with van der Waals surface area (Å²) >= 11 is 5.25. The first-order valence-corrected chi connectivity index (χ1v) is 9.52. The van der Waals surface area contributed by atoms with E-state index in [2.05, 4.69) is 17.6 Å². The third kappa shape index (κ3) is 5.09. The van der Waals surface area contributed by atoms with Crippen molar-refractivity contribution in [2.75, 3.05) is 23.8 Å². The van der Waals surface area contributed by atoms with E-state index >= 15 is 0 Å². The molecule has 11 heteroatoms. The number of thioether (sulfide) groups is 1. The van der Waals surface area contributed by atoms with E-state index in [1.165, 1.54) is 22.5 Å². The number of nitrogens with zero attached hydrogens (tertiary/aromatic N) is 2. The van der Waals surface area contributed by atoms with Gasteiger partial charge in [-0.3, -0.25) is 4.57 Å². The summed E-state index contributed by atoms with van der Waals surface area (Å²) in [6.07, 6.45) is -2.49. The summed E-state index contributed by atoms with van der Waals surface area (Å²) in [5.74, 6) is 0.874. The van der Waals surface area contributed by atoms with Gasteiger partial charge in [-0.05, 0) is 0 Å². The number of hydrogen-bond donors (Lipinski definition) is 6. The van der Waals surface area contributed by atoms with Gasteiger partial charge in [0.05, 0.1) is 24.9 Å². The Morgan fingerprint density at radius 1 is 1.48 bits per heavy atom. The fraction of sp³-hybridized carbons (Fsp3) is 0.714. The van der Waals surface area contributed by atoms with Gasteiger partial charge in [0.15, 0.2) is 0 Å². The van der Waals surface area contributed by atoms with Gasteiger partial charge in [0.25, 0.3) is 0 Å². The number of aliphatic hydroxyl groups is 4. The molecule has 1 aliphatic rings. The molecule has 25 heavy (non-hydrogen) atoms. The summed E-state index contributed by atoms with van der Waals surface area (Å²) in [5, 5.41) is 38.2. The van der Waals surface area contributed by atoms with Crippen LogP contribution in [0.4, 0.5) is 5.82 Å². The van der Waals surface area contributed by atoms with E-state index in [9.17, 15) is 20.1 Å². The van der Waals surface area contributed by atoms with Crippen LogP contribution in [0, 0.1) is 0 Å². The summed E-state index contributed by atoms with van der Waals surface area (Å²) < 4.78 is 6.71. The molecule has 1 aromatic heterocycles. The third-order valence-electron chi connectivity index (χ3n) is 3.93. The molecule has 0 radical (unpaired) electrons. The zero-order valence-corrected chi connectivity index (χ0v) is 15.1. The number of aliphatic hydroxyl groups excluding tert-OH is 4. The predicted molar refractivity (Wildman–Crippen MR) is 96.6 cm³/mol. The topological polar surface area (TPSA) is 151 Å². The van der Waals surface area contributed by atoms with Crippen LogP contribution in [0.3, 0.4) is 0 Å². The second-order valence-corrected chi connectivity index (χ2v) is 7.18. The molecule has 2 rings (SSSR count). The molecule has 1 aliphatic heterocycles. The Morgan fingerprint density at radius 2 is 2.20 bits per heavy atom. The van der Waals surface area contributed by atoms with Crippen LogP contribution in [0.25, 0.3) is 0 Å². The average Bonchev–Trinajstić information content (AvgIpc) is 2.96. The Hall–Kier alpha value is -0.820. The molecule has 1 aromatic rings. The van der Waals surface area contributed by atoms with E-state index < -0.39 is 36.3 Å². The van der Waals surface area contributed by atoms with Crippen molar-refractivity contribution >= 4 is 30.2 Å². The fourth-order valence-electron chi connectivity index (χ4n) is 2.41. The van der Waals surface area contributed by atoms with E-state index in [4.69, 9.17) is 15.6 Å². The van der Waals surface area contributed by atoms with Crippen LogP contribution in [0.5, 0.6) is 0 Å². The Morgan fingerprint density at radius 3 is 2.80 bits per heavy atom. The first kappa shape index (κ1) is 20.5. The van der Waals surface area contributed by atoms with Crippen molar-refractivity contribution in [3.05, 3.63) is 22.2 Å². The van der Waals surface area contributed by atoms with Crippen LogP contribution in [-0.2, 0) is 10.5 Å². The molecule has 0 bridgehead atoms. The van der Waals surface area contributed by atoms with Crippen LogP contribution in [-0.4, -0.2) is 72.5 Å². The summed E-state index contributed by atoms with van der Waals surface area (Å²) in [7, 11) is 0. The van der Waals surface area contributed by atoms with Gasteiger partial charge < -0.3 is 30.9 Å². The van der Waals surface area contributed by atoms with E-state index in [1.54, 1.807) is 0 Å². The lowest BCUT2D eigenvalue weighted by Crippen LogP contribution is -2.30. The van der Waals surface area contributed by atoms with E-state index in [0.717, 1.165) is 0 Å². The minimum atomic E-state index is -0.916. The molecule has 5 atom stereocenters. The number of rotatable bonds is 8. The van der Waals surface area contributed by atoms with Crippen molar-refractivity contribution in [1.29, 1.82) is 0 Å². The number of nitrogen functional groups attached to an aromatic ring is 1. The van der Waals surface area contributed by atoms with Crippen molar-refractivity contribution < 1.29 is 25.2 Å². The molecule has 142 valence electrons. The lowest BCUT2D eigenvalue weighted by Gasteiger charge is -2.17. The normalized spacial score (nSPS) is 25.9. The summed E-state index contributed by atoms with van der Waals surface area (Å²) in [6.45, 7) is -0.344. The monoisotopic (exact) mass is 393 g/mol. The van der Waals surface area contributed by atoms with Crippen LogP contribution in [0.1, 0.15) is 18.2 Å². The number of ether oxygens (including phenoxy) is 1. The quantitative estimate of drug-likeness (QED) is 0.285. The lowest BCUT2D eigenvalue weighted by atomic mass is 10.2. The van der Waals surface area contributed by atoms with Gasteiger partial charge in [0.2, 0.25) is 0 Å². The van der Waals surface area contributed by atoms with Gasteiger partial charge in [0.1, 0.15) is 18.1 Å². The van der Waals surface area contributed by atoms with Gasteiger partial charge in [0, 0.05) is 35.4 Å². The number of hydrogen-bond acceptors (Lipinski definition) is 10. The summed E-state index contributed by atoms with van der Waals surface area (Å²) in [6, 6.07) is 0. The highest BCUT2D eigenvalue weighted by atomic mass is 32.2. The highest BCUT2D eigenvalue weighted by Gasteiger charge is 2.35. The molecule has 1 saturated heterocycles.